The molecule has 0 bridgehead atoms. The molecule has 0 saturated heterocycles. The molecule has 0 aromatic heterocycles. The maximum atomic E-state index is 11.8. The molecule has 0 radical (unpaired) electrons. The molecule has 24 heavy (non-hydrogen) atoms. The third kappa shape index (κ3) is 4.79. The van der Waals surface area contributed by atoms with Crippen LogP contribution >= 0.6 is 11.6 Å². The first-order chi connectivity index (χ1) is 11.5. The van der Waals surface area contributed by atoms with E-state index in [0.29, 0.717) is 11.1 Å². The Labute approximate surface area is 142 Å². The van der Waals surface area contributed by atoms with E-state index in [1.54, 1.807) is 30.3 Å². The highest BCUT2D eigenvalue weighted by Gasteiger charge is 2.21. The minimum Gasteiger partial charge on any atom is -0.445 e. The van der Waals surface area contributed by atoms with E-state index in [-0.39, 0.29) is 12.3 Å². The van der Waals surface area contributed by atoms with Crippen molar-refractivity contribution in [3.05, 3.63) is 75.8 Å². The van der Waals surface area contributed by atoms with E-state index in [1.165, 1.54) is 24.3 Å². The van der Waals surface area contributed by atoms with Gasteiger partial charge in [0.25, 0.3) is 5.69 Å². The number of ether oxygens (including phenoxy) is 1. The van der Waals surface area contributed by atoms with Crippen LogP contribution in [0.25, 0.3) is 0 Å². The van der Waals surface area contributed by atoms with Crippen molar-refractivity contribution < 1.29 is 19.2 Å². The molecule has 1 unspecified atom stereocenters. The fraction of sp³-hybridized carbons (Fsp3) is 0.125. The van der Waals surface area contributed by atoms with Crippen LogP contribution in [0, 0.1) is 10.1 Å². The third-order valence-electron chi connectivity index (χ3n) is 3.14. The van der Waals surface area contributed by atoms with E-state index in [0.717, 1.165) is 0 Å². The Morgan fingerprint density at radius 1 is 1.12 bits per heavy atom. The van der Waals surface area contributed by atoms with E-state index < -0.39 is 22.3 Å². The number of amides is 1. The molecule has 2 aromatic rings. The van der Waals surface area contributed by atoms with Crippen molar-refractivity contribution in [1.82, 2.24) is 5.32 Å². The highest BCUT2D eigenvalue weighted by atomic mass is 35.5. The zero-order chi connectivity index (χ0) is 17.5. The fourth-order valence-electron chi connectivity index (χ4n) is 1.94. The number of carbonyl (C=O) groups is 2. The molecule has 0 fully saturated rings. The number of nitrogens with zero attached hydrogens (tertiary/aromatic N) is 1. The van der Waals surface area contributed by atoms with E-state index in [1.807, 2.05) is 0 Å². The van der Waals surface area contributed by atoms with Gasteiger partial charge in [0, 0.05) is 12.1 Å². The Hall–Kier alpha value is -2.93. The summed E-state index contributed by atoms with van der Waals surface area (Å²) in [4.78, 5) is 33.4. The Morgan fingerprint density at radius 2 is 1.75 bits per heavy atom. The van der Waals surface area contributed by atoms with Gasteiger partial charge in [0.1, 0.15) is 12.6 Å². The smallest absolute Gasteiger partial charge is 0.408 e. The van der Waals surface area contributed by atoms with Crippen molar-refractivity contribution >= 4 is 28.6 Å². The number of rotatable bonds is 6. The standard InChI is InChI=1S/C16H13ClN2O5/c17-15(20)14(12-4-2-1-3-5-12)18-16(21)24-10-11-6-8-13(9-7-11)19(22)23/h1-9,14H,10H2,(H,18,21). The lowest BCUT2D eigenvalue weighted by Crippen LogP contribution is -2.32. The molecule has 2 aromatic carbocycles. The lowest BCUT2D eigenvalue weighted by molar-refractivity contribution is -0.384. The summed E-state index contributed by atoms with van der Waals surface area (Å²) in [7, 11) is 0. The molecule has 2 rings (SSSR count). The van der Waals surface area contributed by atoms with E-state index in [9.17, 15) is 19.7 Å². The van der Waals surface area contributed by atoms with Gasteiger partial charge in [-0.1, -0.05) is 30.3 Å². The first-order valence-corrected chi connectivity index (χ1v) is 7.26. The van der Waals surface area contributed by atoms with Gasteiger partial charge in [-0.05, 0) is 34.9 Å². The summed E-state index contributed by atoms with van der Waals surface area (Å²) in [6.45, 7) is -0.0954. The number of halogens is 1. The van der Waals surface area contributed by atoms with Gasteiger partial charge in [0.05, 0.1) is 4.92 Å². The van der Waals surface area contributed by atoms with Crippen LogP contribution in [0.15, 0.2) is 54.6 Å². The van der Waals surface area contributed by atoms with Crippen molar-refractivity contribution in [3.8, 4) is 0 Å². The quantitative estimate of drug-likeness (QED) is 0.490. The molecule has 0 spiro atoms. The van der Waals surface area contributed by atoms with Crippen molar-refractivity contribution in [2.75, 3.05) is 0 Å². The van der Waals surface area contributed by atoms with Crippen LogP contribution in [-0.2, 0) is 16.1 Å². The number of benzene rings is 2. The largest absolute Gasteiger partial charge is 0.445 e. The van der Waals surface area contributed by atoms with Crippen molar-refractivity contribution in [3.63, 3.8) is 0 Å². The second kappa shape index (κ2) is 8.07. The summed E-state index contributed by atoms with van der Waals surface area (Å²) >= 11 is 5.51. The highest BCUT2D eigenvalue weighted by Crippen LogP contribution is 2.16. The average molecular weight is 349 g/mol. The number of nitrogens with one attached hydrogen (secondary N) is 1. The molecular formula is C16H13ClN2O5. The maximum absolute atomic E-state index is 11.8. The van der Waals surface area contributed by atoms with Gasteiger partial charge in [-0.25, -0.2) is 4.79 Å². The minimum absolute atomic E-state index is 0.0555. The molecule has 0 saturated carbocycles. The molecular weight excluding hydrogens is 336 g/mol. The van der Waals surface area contributed by atoms with Crippen LogP contribution in [0.4, 0.5) is 10.5 Å². The molecule has 0 aliphatic rings. The molecule has 1 N–H and O–H groups in total. The van der Waals surface area contributed by atoms with Gasteiger partial charge >= 0.3 is 6.09 Å². The maximum Gasteiger partial charge on any atom is 0.408 e. The number of alkyl carbamates (subject to hydrolysis) is 1. The van der Waals surface area contributed by atoms with Gasteiger partial charge in [-0.2, -0.15) is 0 Å². The third-order valence-corrected chi connectivity index (χ3v) is 3.36. The number of carbonyl (C=O) groups excluding carboxylic acids is 2. The van der Waals surface area contributed by atoms with E-state index >= 15 is 0 Å². The summed E-state index contributed by atoms with van der Waals surface area (Å²) in [5, 5.41) is 12.2. The molecule has 124 valence electrons. The van der Waals surface area contributed by atoms with Crippen molar-refractivity contribution in [2.45, 2.75) is 12.6 Å². The van der Waals surface area contributed by atoms with Crippen molar-refractivity contribution in [2.24, 2.45) is 0 Å². The summed E-state index contributed by atoms with van der Waals surface area (Å²) < 4.78 is 5.00. The number of non-ortho nitro benzene ring substituents is 1. The Bertz CT molecular complexity index is 734. The molecule has 7 nitrogen and oxygen atoms in total. The van der Waals surface area contributed by atoms with Crippen LogP contribution in [0.1, 0.15) is 17.2 Å². The topological polar surface area (TPSA) is 98.5 Å². The lowest BCUT2D eigenvalue weighted by atomic mass is 10.1. The summed E-state index contributed by atoms with van der Waals surface area (Å²) in [5.74, 6) is 0. The Balaban J connectivity index is 1.94. The van der Waals surface area contributed by atoms with Crippen LogP contribution in [0.5, 0.6) is 0 Å². The van der Waals surface area contributed by atoms with Gasteiger partial charge in [-0.3, -0.25) is 14.9 Å². The first kappa shape index (κ1) is 17.4. The molecule has 0 aliphatic carbocycles. The highest BCUT2D eigenvalue weighted by molar-refractivity contribution is 6.64. The molecule has 0 aliphatic heterocycles. The molecule has 1 amide bonds. The number of nitro benzene ring substituents is 1. The average Bonchev–Trinajstić information content (AvgIpc) is 2.58. The van der Waals surface area contributed by atoms with Gasteiger partial charge in [0.15, 0.2) is 0 Å². The summed E-state index contributed by atoms with van der Waals surface area (Å²) in [5.41, 5.74) is 1.05. The zero-order valence-electron chi connectivity index (χ0n) is 12.3. The fourth-order valence-corrected chi connectivity index (χ4v) is 2.12. The predicted octanol–water partition coefficient (Wildman–Crippen LogP) is 3.33. The van der Waals surface area contributed by atoms with Gasteiger partial charge in [-0.15, -0.1) is 0 Å². The summed E-state index contributed by atoms with van der Waals surface area (Å²) in [6.07, 6.45) is -0.823. The Kier molecular flexibility index (Phi) is 5.86. The molecule has 0 heterocycles. The van der Waals surface area contributed by atoms with Gasteiger partial charge in [0.2, 0.25) is 5.24 Å². The minimum atomic E-state index is -1.02. The van der Waals surface area contributed by atoms with Gasteiger partial charge < -0.3 is 10.1 Å². The molecule has 1 atom stereocenters. The molecule has 8 heteroatoms. The zero-order valence-corrected chi connectivity index (χ0v) is 13.1. The van der Waals surface area contributed by atoms with E-state index in [4.69, 9.17) is 16.3 Å². The number of hydrogen-bond donors (Lipinski definition) is 1. The van der Waals surface area contributed by atoms with Crippen LogP contribution in [0.3, 0.4) is 0 Å². The SMILES string of the molecule is O=C(NC(C(=O)Cl)c1ccccc1)OCc1ccc([N+](=O)[O-])cc1. The number of nitro groups is 1. The van der Waals surface area contributed by atoms with Crippen LogP contribution < -0.4 is 5.32 Å². The Morgan fingerprint density at radius 3 is 2.29 bits per heavy atom. The van der Waals surface area contributed by atoms with E-state index in [2.05, 4.69) is 5.32 Å². The summed E-state index contributed by atoms with van der Waals surface area (Å²) in [6, 6.07) is 13.1. The second-order valence-electron chi connectivity index (χ2n) is 4.79. The van der Waals surface area contributed by atoms with Crippen molar-refractivity contribution in [1.29, 1.82) is 0 Å². The second-order valence-corrected chi connectivity index (χ2v) is 5.16. The van der Waals surface area contributed by atoms with Crippen LogP contribution in [0.2, 0.25) is 0 Å². The normalized spacial score (nSPS) is 11.4. The van der Waals surface area contributed by atoms with Crippen LogP contribution in [-0.4, -0.2) is 16.3 Å². The predicted molar refractivity (Wildman–Crippen MR) is 86.5 cm³/mol. The lowest BCUT2D eigenvalue weighted by Gasteiger charge is -2.15. The first-order valence-electron chi connectivity index (χ1n) is 6.88. The monoisotopic (exact) mass is 348 g/mol. The number of hydrogen-bond acceptors (Lipinski definition) is 5.